The van der Waals surface area contributed by atoms with Crippen molar-refractivity contribution in [3.05, 3.63) is 72.7 Å². The molecule has 0 unspecified atom stereocenters. The number of methoxy groups -OCH3 is 1. The summed E-state index contributed by atoms with van der Waals surface area (Å²) in [6.07, 6.45) is 5.37. The normalized spacial score (nSPS) is 10.6. The number of hydrogen-bond acceptors (Lipinski definition) is 6. The van der Waals surface area contributed by atoms with E-state index in [0.717, 1.165) is 0 Å². The van der Waals surface area contributed by atoms with Crippen molar-refractivity contribution >= 4 is 11.6 Å². The Morgan fingerprint density at radius 1 is 1.03 bits per heavy atom. The summed E-state index contributed by atoms with van der Waals surface area (Å²) in [6.45, 7) is 0. The molecule has 0 radical (unpaired) electrons. The SMILES string of the molecule is COc1nn(C)cc1C(=O)Nc1ccc(Oc2ccc(-n3cccc3)nn2)cc1. The maximum Gasteiger partial charge on any atom is 0.262 e. The molecule has 29 heavy (non-hydrogen) atoms. The molecule has 0 aliphatic carbocycles. The van der Waals surface area contributed by atoms with E-state index in [2.05, 4.69) is 20.6 Å². The van der Waals surface area contributed by atoms with Crippen molar-refractivity contribution in [1.29, 1.82) is 0 Å². The second-order valence-electron chi connectivity index (χ2n) is 6.13. The Balaban J connectivity index is 1.40. The number of carbonyl (C=O) groups is 1. The molecule has 1 aromatic carbocycles. The van der Waals surface area contributed by atoms with Crippen LogP contribution in [0.25, 0.3) is 5.82 Å². The van der Waals surface area contributed by atoms with Crippen molar-refractivity contribution in [2.24, 2.45) is 7.05 Å². The lowest BCUT2D eigenvalue weighted by Gasteiger charge is -2.08. The highest BCUT2D eigenvalue weighted by atomic mass is 16.5. The Labute approximate surface area is 166 Å². The standard InChI is InChI=1S/C20H18N6O3/c1-25-13-16(20(24-25)28-2)19(27)21-14-5-7-15(8-6-14)29-18-10-9-17(22-23-18)26-11-3-4-12-26/h3-13H,1-2H3,(H,21,27). The monoisotopic (exact) mass is 390 g/mol. The van der Waals surface area contributed by atoms with Crippen LogP contribution in [0.1, 0.15) is 10.4 Å². The van der Waals surface area contributed by atoms with Gasteiger partial charge in [0.1, 0.15) is 11.3 Å². The summed E-state index contributed by atoms with van der Waals surface area (Å²) in [5.74, 6) is 1.61. The third-order valence-electron chi connectivity index (χ3n) is 4.06. The van der Waals surface area contributed by atoms with Gasteiger partial charge in [0.25, 0.3) is 5.91 Å². The van der Waals surface area contributed by atoms with Crippen molar-refractivity contribution in [2.45, 2.75) is 0 Å². The number of hydrogen-bond donors (Lipinski definition) is 1. The molecule has 0 aliphatic rings. The minimum absolute atomic E-state index is 0.270. The number of benzene rings is 1. The highest BCUT2D eigenvalue weighted by molar-refractivity contribution is 6.05. The van der Waals surface area contributed by atoms with Gasteiger partial charge in [-0.3, -0.25) is 9.48 Å². The van der Waals surface area contributed by atoms with Gasteiger partial charge in [0.15, 0.2) is 5.82 Å². The molecular formula is C20H18N6O3. The van der Waals surface area contributed by atoms with Crippen LogP contribution in [0.2, 0.25) is 0 Å². The molecule has 146 valence electrons. The molecule has 3 aromatic heterocycles. The summed E-state index contributed by atoms with van der Waals surface area (Å²) in [5, 5.41) is 15.1. The number of aromatic nitrogens is 5. The largest absolute Gasteiger partial charge is 0.479 e. The van der Waals surface area contributed by atoms with E-state index < -0.39 is 0 Å². The fraction of sp³-hybridized carbons (Fsp3) is 0.100. The average Bonchev–Trinajstić information content (AvgIpc) is 3.40. The number of rotatable bonds is 6. The van der Waals surface area contributed by atoms with Crippen LogP contribution in [0.4, 0.5) is 5.69 Å². The van der Waals surface area contributed by atoms with Gasteiger partial charge in [-0.05, 0) is 42.5 Å². The molecule has 0 atom stereocenters. The maximum atomic E-state index is 12.4. The smallest absolute Gasteiger partial charge is 0.262 e. The Morgan fingerprint density at radius 2 is 1.79 bits per heavy atom. The second-order valence-corrected chi connectivity index (χ2v) is 6.13. The van der Waals surface area contributed by atoms with E-state index in [4.69, 9.17) is 9.47 Å². The van der Waals surface area contributed by atoms with E-state index in [1.54, 1.807) is 43.6 Å². The predicted molar refractivity (Wildman–Crippen MR) is 106 cm³/mol. The van der Waals surface area contributed by atoms with Gasteiger partial charge >= 0.3 is 0 Å². The minimum atomic E-state index is -0.310. The summed E-state index contributed by atoms with van der Waals surface area (Å²) < 4.78 is 14.2. The van der Waals surface area contributed by atoms with Crippen LogP contribution < -0.4 is 14.8 Å². The molecule has 0 saturated heterocycles. The van der Waals surface area contributed by atoms with Gasteiger partial charge < -0.3 is 19.4 Å². The van der Waals surface area contributed by atoms with E-state index in [1.165, 1.54) is 11.8 Å². The average molecular weight is 390 g/mol. The molecule has 9 nitrogen and oxygen atoms in total. The number of ether oxygens (including phenoxy) is 2. The summed E-state index contributed by atoms with van der Waals surface area (Å²) in [5.41, 5.74) is 0.968. The van der Waals surface area contributed by atoms with Gasteiger partial charge in [0, 0.05) is 37.4 Å². The van der Waals surface area contributed by atoms with Crippen molar-refractivity contribution in [2.75, 3.05) is 12.4 Å². The second kappa shape index (κ2) is 7.85. The van der Waals surface area contributed by atoms with E-state index in [0.29, 0.717) is 28.7 Å². The topological polar surface area (TPSA) is 96.1 Å². The predicted octanol–water partition coefficient (Wildman–Crippen LogP) is 3.05. The summed E-state index contributed by atoms with van der Waals surface area (Å²) in [4.78, 5) is 12.4. The molecule has 4 rings (SSSR count). The summed E-state index contributed by atoms with van der Waals surface area (Å²) in [6, 6.07) is 14.3. The zero-order valence-corrected chi connectivity index (χ0v) is 15.8. The van der Waals surface area contributed by atoms with Gasteiger partial charge in [0.05, 0.1) is 7.11 Å². The van der Waals surface area contributed by atoms with E-state index in [-0.39, 0.29) is 11.8 Å². The van der Waals surface area contributed by atoms with Crippen LogP contribution in [0.15, 0.2) is 67.1 Å². The molecule has 3 heterocycles. The summed E-state index contributed by atoms with van der Waals surface area (Å²) in [7, 11) is 3.19. The fourth-order valence-corrected chi connectivity index (χ4v) is 2.69. The number of nitrogens with one attached hydrogen (secondary N) is 1. The molecule has 1 N–H and O–H groups in total. The Hall–Kier alpha value is -4.14. The lowest BCUT2D eigenvalue weighted by atomic mass is 10.2. The molecule has 1 amide bonds. The maximum absolute atomic E-state index is 12.4. The van der Waals surface area contributed by atoms with E-state index in [9.17, 15) is 4.79 Å². The molecule has 4 aromatic rings. The number of anilines is 1. The minimum Gasteiger partial charge on any atom is -0.479 e. The number of nitrogens with zero attached hydrogens (tertiary/aromatic N) is 5. The number of carbonyl (C=O) groups excluding carboxylic acids is 1. The zero-order chi connectivity index (χ0) is 20.2. The highest BCUT2D eigenvalue weighted by Crippen LogP contribution is 2.23. The van der Waals surface area contributed by atoms with Crippen molar-refractivity contribution in [1.82, 2.24) is 24.5 Å². The Kier molecular flexibility index (Phi) is 4.93. The third-order valence-corrected chi connectivity index (χ3v) is 4.06. The molecule has 0 fully saturated rings. The quantitative estimate of drug-likeness (QED) is 0.544. The van der Waals surface area contributed by atoms with Crippen molar-refractivity contribution in [3.8, 4) is 23.3 Å². The summed E-state index contributed by atoms with van der Waals surface area (Å²) >= 11 is 0. The molecule has 0 spiro atoms. The van der Waals surface area contributed by atoms with Gasteiger partial charge in [0.2, 0.25) is 11.8 Å². The molecule has 0 bridgehead atoms. The van der Waals surface area contributed by atoms with Gasteiger partial charge in [-0.1, -0.05) is 0 Å². The zero-order valence-electron chi connectivity index (χ0n) is 15.8. The van der Waals surface area contributed by atoms with Crippen LogP contribution >= 0.6 is 0 Å². The highest BCUT2D eigenvalue weighted by Gasteiger charge is 2.16. The fourth-order valence-electron chi connectivity index (χ4n) is 2.69. The van der Waals surface area contributed by atoms with Crippen LogP contribution in [-0.2, 0) is 7.05 Å². The van der Waals surface area contributed by atoms with Crippen LogP contribution in [0, 0.1) is 0 Å². The van der Waals surface area contributed by atoms with E-state index in [1.807, 2.05) is 35.2 Å². The van der Waals surface area contributed by atoms with Gasteiger partial charge in [-0.25, -0.2) is 0 Å². The van der Waals surface area contributed by atoms with Gasteiger partial charge in [-0.2, -0.15) is 0 Å². The van der Waals surface area contributed by atoms with Gasteiger partial charge in [-0.15, -0.1) is 15.3 Å². The first-order valence-electron chi connectivity index (χ1n) is 8.76. The first-order valence-corrected chi connectivity index (χ1v) is 8.76. The van der Waals surface area contributed by atoms with Crippen molar-refractivity contribution < 1.29 is 14.3 Å². The van der Waals surface area contributed by atoms with Crippen molar-refractivity contribution in [3.63, 3.8) is 0 Å². The first-order chi connectivity index (χ1) is 14.1. The first kappa shape index (κ1) is 18.2. The molecule has 0 saturated carbocycles. The van der Waals surface area contributed by atoms with E-state index >= 15 is 0 Å². The third kappa shape index (κ3) is 4.08. The lowest BCUT2D eigenvalue weighted by molar-refractivity contribution is 0.102. The molecule has 0 aliphatic heterocycles. The van der Waals surface area contributed by atoms with Crippen LogP contribution in [-0.4, -0.2) is 37.6 Å². The number of aryl methyl sites for hydroxylation is 1. The Bertz CT molecular complexity index is 1100. The lowest BCUT2D eigenvalue weighted by Crippen LogP contribution is -2.12. The molecule has 9 heteroatoms. The molecular weight excluding hydrogens is 372 g/mol. The Morgan fingerprint density at radius 3 is 2.45 bits per heavy atom. The van der Waals surface area contributed by atoms with Crippen LogP contribution in [0.3, 0.4) is 0 Å². The van der Waals surface area contributed by atoms with Crippen LogP contribution in [0.5, 0.6) is 17.5 Å². The number of amides is 1.